The first-order chi connectivity index (χ1) is 10.1. The Labute approximate surface area is 124 Å². The van der Waals surface area contributed by atoms with Crippen molar-refractivity contribution < 1.29 is 13.9 Å². The smallest absolute Gasteiger partial charge is 0.310 e. The fourth-order valence-electron chi connectivity index (χ4n) is 2.66. The molecule has 0 aliphatic carbocycles. The number of nitriles is 1. The van der Waals surface area contributed by atoms with Gasteiger partial charge in [-0.2, -0.15) is 5.26 Å². The molecule has 0 radical (unpaired) electrons. The van der Waals surface area contributed by atoms with E-state index >= 15 is 0 Å². The molecular weight excluding hydrogens is 271 g/mol. The zero-order valence-electron chi connectivity index (χ0n) is 12.1. The minimum absolute atomic E-state index is 0.138. The number of ether oxygens (including phenoxy) is 1. The van der Waals surface area contributed by atoms with E-state index in [1.54, 1.807) is 13.0 Å². The van der Waals surface area contributed by atoms with Gasteiger partial charge in [-0.3, -0.25) is 9.69 Å². The summed E-state index contributed by atoms with van der Waals surface area (Å²) in [4.78, 5) is 13.8. The van der Waals surface area contributed by atoms with Gasteiger partial charge in [0.1, 0.15) is 5.82 Å². The maximum atomic E-state index is 13.8. The van der Waals surface area contributed by atoms with Gasteiger partial charge >= 0.3 is 5.97 Å². The predicted octanol–water partition coefficient (Wildman–Crippen LogP) is 2.47. The second-order valence-corrected chi connectivity index (χ2v) is 5.24. The first-order valence-electron chi connectivity index (χ1n) is 7.21. The van der Waals surface area contributed by atoms with E-state index in [2.05, 4.69) is 0 Å². The Morgan fingerprint density at radius 2 is 2.38 bits per heavy atom. The molecule has 0 saturated carbocycles. The van der Waals surface area contributed by atoms with E-state index in [-0.39, 0.29) is 17.7 Å². The fourth-order valence-corrected chi connectivity index (χ4v) is 2.66. The van der Waals surface area contributed by atoms with Gasteiger partial charge in [0.15, 0.2) is 0 Å². The number of hydrogen-bond donors (Lipinski definition) is 0. The van der Waals surface area contributed by atoms with Gasteiger partial charge in [-0.15, -0.1) is 0 Å². The Morgan fingerprint density at radius 3 is 3.10 bits per heavy atom. The standard InChI is InChI=1S/C16H19FN2O2/c1-2-21-16(20)13-4-3-7-19(10-13)11-14-8-12(9-18)5-6-15(14)17/h5-6,8,13H,2-4,7,10-11H2,1H3/t13-/m0/s1. The third-order valence-electron chi connectivity index (χ3n) is 3.69. The van der Waals surface area contributed by atoms with E-state index in [1.807, 2.05) is 11.0 Å². The molecule has 4 nitrogen and oxygen atoms in total. The first kappa shape index (κ1) is 15.5. The van der Waals surface area contributed by atoms with Crippen LogP contribution in [0.1, 0.15) is 30.9 Å². The Hall–Kier alpha value is -1.93. The maximum Gasteiger partial charge on any atom is 0.310 e. The highest BCUT2D eigenvalue weighted by Crippen LogP contribution is 2.21. The van der Waals surface area contributed by atoms with Gasteiger partial charge < -0.3 is 4.74 Å². The van der Waals surface area contributed by atoms with Crippen molar-refractivity contribution in [1.29, 1.82) is 5.26 Å². The van der Waals surface area contributed by atoms with Gasteiger partial charge in [0.05, 0.1) is 24.2 Å². The van der Waals surface area contributed by atoms with Crippen LogP contribution in [0.15, 0.2) is 18.2 Å². The number of carbonyl (C=O) groups is 1. The molecule has 5 heteroatoms. The molecule has 1 aromatic carbocycles. The van der Waals surface area contributed by atoms with E-state index in [0.29, 0.717) is 30.8 Å². The van der Waals surface area contributed by atoms with Crippen LogP contribution in [0.2, 0.25) is 0 Å². The summed E-state index contributed by atoms with van der Waals surface area (Å²) in [7, 11) is 0. The quantitative estimate of drug-likeness (QED) is 0.799. The van der Waals surface area contributed by atoms with E-state index in [9.17, 15) is 9.18 Å². The number of hydrogen-bond acceptors (Lipinski definition) is 4. The summed E-state index contributed by atoms with van der Waals surface area (Å²) < 4.78 is 18.9. The molecule has 0 N–H and O–H groups in total. The largest absolute Gasteiger partial charge is 0.466 e. The molecule has 0 spiro atoms. The summed E-state index contributed by atoms with van der Waals surface area (Å²) in [5, 5.41) is 8.89. The number of piperidine rings is 1. The highest BCUT2D eigenvalue weighted by atomic mass is 19.1. The van der Waals surface area contributed by atoms with Gasteiger partial charge in [-0.1, -0.05) is 0 Å². The Kier molecular flexibility index (Phi) is 5.29. The van der Waals surface area contributed by atoms with Gasteiger partial charge in [0.25, 0.3) is 0 Å². The summed E-state index contributed by atoms with van der Waals surface area (Å²) in [5.41, 5.74) is 0.948. The van der Waals surface area contributed by atoms with Crippen molar-refractivity contribution in [3.05, 3.63) is 35.1 Å². The van der Waals surface area contributed by atoms with Crippen molar-refractivity contribution >= 4 is 5.97 Å². The van der Waals surface area contributed by atoms with Crippen molar-refractivity contribution in [3.63, 3.8) is 0 Å². The lowest BCUT2D eigenvalue weighted by Gasteiger charge is -2.31. The second-order valence-electron chi connectivity index (χ2n) is 5.24. The lowest BCUT2D eigenvalue weighted by Crippen LogP contribution is -2.39. The molecule has 1 saturated heterocycles. The summed E-state index contributed by atoms with van der Waals surface area (Å²) in [6.45, 7) is 3.99. The van der Waals surface area contributed by atoms with Crippen LogP contribution < -0.4 is 0 Å². The SMILES string of the molecule is CCOC(=O)[C@H]1CCCN(Cc2cc(C#N)ccc2F)C1. The normalized spacial score (nSPS) is 19.0. The third kappa shape index (κ3) is 4.02. The molecule has 0 bridgehead atoms. The topological polar surface area (TPSA) is 53.3 Å². The minimum atomic E-state index is -0.313. The molecular formula is C16H19FN2O2. The number of nitrogens with zero attached hydrogens (tertiary/aromatic N) is 2. The van der Waals surface area contributed by atoms with Crippen molar-refractivity contribution in [2.24, 2.45) is 5.92 Å². The molecule has 0 unspecified atom stereocenters. The third-order valence-corrected chi connectivity index (χ3v) is 3.69. The molecule has 1 aromatic rings. The predicted molar refractivity (Wildman–Crippen MR) is 75.7 cm³/mol. The monoisotopic (exact) mass is 290 g/mol. The molecule has 1 fully saturated rings. The first-order valence-corrected chi connectivity index (χ1v) is 7.21. The van der Waals surface area contributed by atoms with Crippen molar-refractivity contribution in [2.75, 3.05) is 19.7 Å². The van der Waals surface area contributed by atoms with Gasteiger partial charge in [-0.05, 0) is 44.5 Å². The zero-order chi connectivity index (χ0) is 15.2. The Bertz CT molecular complexity index is 554. The van der Waals surface area contributed by atoms with Crippen molar-refractivity contribution in [3.8, 4) is 6.07 Å². The number of rotatable bonds is 4. The average molecular weight is 290 g/mol. The van der Waals surface area contributed by atoms with Crippen LogP contribution in [0, 0.1) is 23.1 Å². The average Bonchev–Trinajstić information content (AvgIpc) is 2.50. The molecule has 0 aromatic heterocycles. The summed E-state index contributed by atoms with van der Waals surface area (Å²) in [6, 6.07) is 6.38. The number of halogens is 1. The lowest BCUT2D eigenvalue weighted by molar-refractivity contribution is -0.150. The lowest BCUT2D eigenvalue weighted by atomic mass is 9.97. The van der Waals surface area contributed by atoms with Crippen LogP contribution in [0.4, 0.5) is 4.39 Å². The maximum absolute atomic E-state index is 13.8. The molecule has 1 atom stereocenters. The van der Waals surface area contributed by atoms with Gasteiger partial charge in [0.2, 0.25) is 0 Å². The molecule has 0 amide bonds. The molecule has 1 aliphatic heterocycles. The summed E-state index contributed by atoms with van der Waals surface area (Å²) in [6.07, 6.45) is 1.71. The van der Waals surface area contributed by atoms with Crippen LogP contribution in [0.25, 0.3) is 0 Å². The molecule has 2 rings (SSSR count). The van der Waals surface area contributed by atoms with Crippen molar-refractivity contribution in [1.82, 2.24) is 4.90 Å². The van der Waals surface area contributed by atoms with Gasteiger partial charge in [-0.25, -0.2) is 4.39 Å². The zero-order valence-corrected chi connectivity index (χ0v) is 12.1. The fraction of sp³-hybridized carbons (Fsp3) is 0.500. The highest BCUT2D eigenvalue weighted by Gasteiger charge is 2.27. The van der Waals surface area contributed by atoms with Crippen LogP contribution >= 0.6 is 0 Å². The number of likely N-dealkylation sites (tertiary alicyclic amines) is 1. The highest BCUT2D eigenvalue weighted by molar-refractivity contribution is 5.72. The van der Waals surface area contributed by atoms with Gasteiger partial charge in [0, 0.05) is 18.7 Å². The molecule has 112 valence electrons. The van der Waals surface area contributed by atoms with Crippen LogP contribution in [-0.2, 0) is 16.1 Å². The van der Waals surface area contributed by atoms with E-state index < -0.39 is 0 Å². The molecule has 21 heavy (non-hydrogen) atoms. The van der Waals surface area contributed by atoms with E-state index in [1.165, 1.54) is 12.1 Å². The van der Waals surface area contributed by atoms with Crippen LogP contribution in [0.3, 0.4) is 0 Å². The summed E-state index contributed by atoms with van der Waals surface area (Å²) >= 11 is 0. The number of esters is 1. The Morgan fingerprint density at radius 1 is 1.57 bits per heavy atom. The minimum Gasteiger partial charge on any atom is -0.466 e. The Balaban J connectivity index is 2.03. The molecule has 1 heterocycles. The number of benzene rings is 1. The number of carbonyl (C=O) groups excluding carboxylic acids is 1. The molecule has 1 aliphatic rings. The summed E-state index contributed by atoms with van der Waals surface area (Å²) in [5.74, 6) is -0.624. The van der Waals surface area contributed by atoms with Crippen LogP contribution in [0.5, 0.6) is 0 Å². The van der Waals surface area contributed by atoms with E-state index in [0.717, 1.165) is 19.4 Å². The van der Waals surface area contributed by atoms with E-state index in [4.69, 9.17) is 10.00 Å². The van der Waals surface area contributed by atoms with Crippen molar-refractivity contribution in [2.45, 2.75) is 26.3 Å². The van der Waals surface area contributed by atoms with Crippen LogP contribution in [-0.4, -0.2) is 30.6 Å². The second kappa shape index (κ2) is 7.19.